The first-order valence-electron chi connectivity index (χ1n) is 11.2. The summed E-state index contributed by atoms with van der Waals surface area (Å²) in [6.07, 6.45) is -7.73. The van der Waals surface area contributed by atoms with Gasteiger partial charge in [-0.05, 0) is 39.9 Å². The van der Waals surface area contributed by atoms with Crippen molar-refractivity contribution in [2.45, 2.75) is 64.2 Å². The van der Waals surface area contributed by atoms with E-state index in [0.29, 0.717) is 6.92 Å². The van der Waals surface area contributed by atoms with Crippen LogP contribution in [0, 0.1) is 0 Å². The number of halogens is 4. The number of hydrogen-bond acceptors (Lipinski definition) is 6. The molecule has 0 aromatic carbocycles. The van der Waals surface area contributed by atoms with E-state index < -0.39 is 67.1 Å². The van der Waals surface area contributed by atoms with E-state index in [0.717, 1.165) is 0 Å². The summed E-state index contributed by atoms with van der Waals surface area (Å²) in [5.41, 5.74) is -0.453. The van der Waals surface area contributed by atoms with E-state index in [2.05, 4.69) is 15.0 Å². The van der Waals surface area contributed by atoms with Crippen LogP contribution in [-0.4, -0.2) is 44.4 Å². The minimum atomic E-state index is -4.77. The quantitative estimate of drug-likeness (QED) is 0.652. The Morgan fingerprint density at radius 3 is 2.46 bits per heavy atom. The summed E-state index contributed by atoms with van der Waals surface area (Å²) < 4.78 is 114. The van der Waals surface area contributed by atoms with Crippen LogP contribution in [0.2, 0.25) is 0 Å². The average Bonchev–Trinajstić information content (AvgIpc) is 2.61. The highest BCUT2D eigenvalue weighted by molar-refractivity contribution is 7.59. The maximum Gasteiger partial charge on any atom is 0.408 e. The number of nitrogens with one attached hydrogen (secondary N) is 2. The van der Waals surface area contributed by atoms with Gasteiger partial charge in [0.1, 0.15) is 17.9 Å². The molecule has 1 aliphatic carbocycles. The van der Waals surface area contributed by atoms with Gasteiger partial charge in [0.05, 0.1) is 2.74 Å². The second kappa shape index (κ2) is 8.85. The molecule has 2 atom stereocenters. The summed E-state index contributed by atoms with van der Waals surface area (Å²) in [6.45, 7) is -6.25. The molecule has 0 saturated heterocycles. The maximum atomic E-state index is 14.6. The zero-order valence-electron chi connectivity index (χ0n) is 21.5. The summed E-state index contributed by atoms with van der Waals surface area (Å²) in [5.74, 6) is -3.79. The summed E-state index contributed by atoms with van der Waals surface area (Å²) >= 11 is 0. The molecule has 1 aromatic heterocycles. The molecule has 0 radical (unpaired) electrons. The molecule has 0 bridgehead atoms. The Balaban J connectivity index is 0.00000578. The van der Waals surface area contributed by atoms with E-state index in [1.165, 1.54) is 0 Å². The van der Waals surface area contributed by atoms with Crippen LogP contribution in [0.4, 0.5) is 29.5 Å². The molecule has 0 aliphatic heterocycles. The molecular formula is C15H23F4N5OS. The molecular weight excluding hydrogens is 374 g/mol. The molecule has 1 aromatic rings. The number of alkyl halides is 3. The van der Waals surface area contributed by atoms with Crippen LogP contribution >= 0.6 is 13.5 Å². The van der Waals surface area contributed by atoms with Gasteiger partial charge < -0.3 is 15.7 Å². The van der Waals surface area contributed by atoms with E-state index in [-0.39, 0.29) is 32.8 Å². The van der Waals surface area contributed by atoms with Crippen molar-refractivity contribution in [1.82, 2.24) is 15.0 Å². The van der Waals surface area contributed by atoms with Gasteiger partial charge in [-0.2, -0.15) is 41.6 Å². The van der Waals surface area contributed by atoms with Gasteiger partial charge in [-0.25, -0.2) is 4.39 Å². The topological polar surface area (TPSA) is 83.0 Å². The van der Waals surface area contributed by atoms with Gasteiger partial charge in [0, 0.05) is 19.8 Å². The van der Waals surface area contributed by atoms with Crippen LogP contribution < -0.4 is 10.6 Å². The van der Waals surface area contributed by atoms with Crippen molar-refractivity contribution in [2.75, 3.05) is 10.6 Å². The third-order valence-corrected chi connectivity index (χ3v) is 3.34. The highest BCUT2D eigenvalue weighted by Gasteiger charge is 2.36. The zero-order valence-corrected chi connectivity index (χ0v) is 14.5. The van der Waals surface area contributed by atoms with E-state index in [4.69, 9.17) is 11.0 Å². The predicted molar refractivity (Wildman–Crippen MR) is 96.0 cm³/mol. The minimum absolute atomic E-state index is 0. The lowest BCUT2D eigenvalue weighted by molar-refractivity contribution is -0.138. The zero-order chi connectivity index (χ0) is 25.6. The third-order valence-electron chi connectivity index (χ3n) is 3.34. The first-order valence-corrected chi connectivity index (χ1v) is 7.18. The average molecular weight is 405 g/mol. The normalized spacial score (nSPS) is 27.9. The van der Waals surface area contributed by atoms with Gasteiger partial charge in [0.15, 0.2) is 5.82 Å². The fraction of sp³-hybridized carbons (Fsp3) is 0.667. The van der Waals surface area contributed by atoms with E-state index >= 15 is 0 Å². The first kappa shape index (κ1) is 12.7. The van der Waals surface area contributed by atoms with Crippen LogP contribution in [0.5, 0.6) is 0 Å². The first-order chi connectivity index (χ1) is 14.7. The van der Waals surface area contributed by atoms with Crippen LogP contribution in [-0.2, 0) is 0 Å². The fourth-order valence-corrected chi connectivity index (χ4v) is 2.05. The lowest BCUT2D eigenvalue weighted by Crippen LogP contribution is -2.34. The van der Waals surface area contributed by atoms with Crippen LogP contribution in [0.15, 0.2) is 5.83 Å². The van der Waals surface area contributed by atoms with Gasteiger partial charge in [0.25, 0.3) is 0 Å². The molecule has 1 aliphatic rings. The van der Waals surface area contributed by atoms with Gasteiger partial charge >= 0.3 is 6.18 Å². The summed E-state index contributed by atoms with van der Waals surface area (Å²) in [4.78, 5) is 10.9. The molecule has 11 heteroatoms. The smallest absolute Gasteiger partial charge is 0.386 e. The Morgan fingerprint density at radius 1 is 1.27 bits per heavy atom. The Hall–Kier alpha value is -1.62. The molecule has 0 saturated carbocycles. The number of aliphatic hydroxyl groups is 1. The Bertz CT molecular complexity index is 912. The highest BCUT2D eigenvalue weighted by atomic mass is 32.1. The number of rotatable bonds is 5. The standard InChI is InChI=1S/C15H21F4N5O.H2S/c1-7(2)20-13-22-12(9-5-4-6-10(25)11(9)16)23-14(24-13)21-8(3)15(17,18)19;/h7-8,10,25H,4-6H2,1-3H3,(H2,20,21,22,23,24);1H2/t8-,10?;/m0./s1/i1D3,2D3,7D,10D;. The molecule has 3 N–H and O–H groups in total. The van der Waals surface area contributed by atoms with Crippen LogP contribution in [0.25, 0.3) is 5.57 Å². The van der Waals surface area contributed by atoms with Crippen molar-refractivity contribution in [1.29, 1.82) is 0 Å². The minimum Gasteiger partial charge on any atom is -0.386 e. The van der Waals surface area contributed by atoms with Crippen molar-refractivity contribution in [2.24, 2.45) is 0 Å². The van der Waals surface area contributed by atoms with E-state index in [1.54, 1.807) is 5.32 Å². The SMILES string of the molecule is S.[2H]C1(O)CCCC(c2nc(N[C@@H](C)C(F)(F)F)nc(NC([2H])(C([2H])([2H])[2H])C([2H])([2H])[2H])n2)=C1F. The third kappa shape index (κ3) is 5.70. The second-order valence-electron chi connectivity index (χ2n) is 5.31. The summed E-state index contributed by atoms with van der Waals surface area (Å²) in [7, 11) is 0. The van der Waals surface area contributed by atoms with Gasteiger partial charge in [-0.3, -0.25) is 0 Å². The van der Waals surface area contributed by atoms with Crippen molar-refractivity contribution >= 4 is 31.0 Å². The lowest BCUT2D eigenvalue weighted by atomic mass is 9.96. The number of allylic oxidation sites excluding steroid dienone is 1. The number of aromatic nitrogens is 3. The fourth-order valence-electron chi connectivity index (χ4n) is 2.05. The van der Waals surface area contributed by atoms with Crippen molar-refractivity contribution in [3.63, 3.8) is 0 Å². The Kier molecular flexibility index (Phi) is 4.33. The molecule has 1 heterocycles. The summed E-state index contributed by atoms with van der Waals surface area (Å²) in [5, 5.41) is 13.6. The molecule has 2 rings (SSSR count). The van der Waals surface area contributed by atoms with Crippen LogP contribution in [0.1, 0.15) is 56.7 Å². The molecule has 0 fully saturated rings. The van der Waals surface area contributed by atoms with Gasteiger partial charge in [-0.1, -0.05) is 0 Å². The summed E-state index contributed by atoms with van der Waals surface area (Å²) in [6, 6.07) is -5.62. The second-order valence-corrected chi connectivity index (χ2v) is 5.31. The molecule has 1 unspecified atom stereocenters. The van der Waals surface area contributed by atoms with Crippen molar-refractivity contribution in [3.8, 4) is 0 Å². The van der Waals surface area contributed by atoms with Crippen molar-refractivity contribution in [3.05, 3.63) is 11.7 Å². The molecule has 148 valence electrons. The maximum absolute atomic E-state index is 14.6. The molecule has 0 amide bonds. The highest BCUT2D eigenvalue weighted by Crippen LogP contribution is 2.32. The largest absolute Gasteiger partial charge is 0.408 e. The molecule has 6 nitrogen and oxygen atoms in total. The number of hydrogen-bond donors (Lipinski definition) is 3. The monoisotopic (exact) mass is 405 g/mol. The van der Waals surface area contributed by atoms with Gasteiger partial charge in [-0.15, -0.1) is 0 Å². The molecule has 0 spiro atoms. The van der Waals surface area contributed by atoms with Gasteiger partial charge in [0.2, 0.25) is 11.9 Å². The number of nitrogens with zero attached hydrogens (tertiary/aromatic N) is 3. The molecule has 26 heavy (non-hydrogen) atoms. The van der Waals surface area contributed by atoms with E-state index in [1.807, 2.05) is 5.32 Å². The van der Waals surface area contributed by atoms with E-state index in [9.17, 15) is 22.7 Å². The number of anilines is 2. The Morgan fingerprint density at radius 2 is 1.88 bits per heavy atom. The lowest BCUT2D eigenvalue weighted by Gasteiger charge is -2.21. The Labute approximate surface area is 167 Å². The predicted octanol–water partition coefficient (Wildman–Crippen LogP) is 3.39. The van der Waals surface area contributed by atoms with Crippen molar-refractivity contribution < 1.29 is 33.6 Å². The van der Waals surface area contributed by atoms with Crippen LogP contribution in [0.3, 0.4) is 0 Å².